The molecule has 61 heteroatoms. The number of carboxylic acids is 2. The Morgan fingerprint density at radius 1 is 0.496 bits per heavy atom. The van der Waals surface area contributed by atoms with E-state index in [0.29, 0.717) is 63.1 Å². The van der Waals surface area contributed by atoms with E-state index < -0.39 is 125 Å². The number of aromatic nitrogens is 5. The minimum absolute atomic E-state index is 0. The number of rotatable bonds is 10. The molecule has 8 aromatic carbocycles. The molecule has 13 rings (SSSR count). The number of benzene rings is 8. The summed E-state index contributed by atoms with van der Waals surface area (Å²) in [7, 11) is -4.10. The summed E-state index contributed by atoms with van der Waals surface area (Å²) in [6, 6.07) is 27.1. The molecule has 1 radical (unpaired) electrons. The summed E-state index contributed by atoms with van der Waals surface area (Å²) in [4.78, 5) is 162. The molecule has 0 aliphatic rings. The van der Waals surface area contributed by atoms with Gasteiger partial charge in [0.05, 0.1) is 90.8 Å². The molecule has 18 N–H and O–H groups in total. The number of aromatic amines is 5. The number of nitro groups is 1. The molecular formula is C76H89BCl2F3N13Na3O35S4. The average molecular weight is 2080 g/mol. The Morgan fingerprint density at radius 3 is 1.16 bits per heavy atom. The number of halogens is 5. The second-order valence-corrected chi connectivity index (χ2v) is 31.0. The third-order valence-electron chi connectivity index (χ3n) is 15.9. The van der Waals surface area contributed by atoms with Gasteiger partial charge in [0.1, 0.15) is 5.75 Å². The molecule has 137 heavy (non-hydrogen) atoms. The maximum Gasteiger partial charge on any atom is 1.00 e. The van der Waals surface area contributed by atoms with Crippen molar-refractivity contribution >= 4 is 160 Å². The Labute approximate surface area is 852 Å². The molecule has 13 aromatic rings. The van der Waals surface area contributed by atoms with Gasteiger partial charge in [0.25, 0.3) is 14.7 Å². The minimum atomic E-state index is -4.39. The van der Waals surface area contributed by atoms with E-state index in [0.717, 1.165) is 65.5 Å². The van der Waals surface area contributed by atoms with Gasteiger partial charge in [-0.15, -0.1) is 30.4 Å². The number of hydrogen-bond acceptors (Lipinski definition) is 38. The molecule has 0 aliphatic heterocycles. The first-order valence-electron chi connectivity index (χ1n) is 34.3. The van der Waals surface area contributed by atoms with Crippen molar-refractivity contribution in [2.45, 2.75) is 99.0 Å². The van der Waals surface area contributed by atoms with E-state index in [4.69, 9.17) is 71.0 Å². The van der Waals surface area contributed by atoms with Gasteiger partial charge in [-0.1, -0.05) is 60.0 Å². The third-order valence-corrected chi connectivity index (χ3v) is 20.0. The molecule has 0 aliphatic carbocycles. The number of aromatic carboxylic acids is 2. The summed E-state index contributed by atoms with van der Waals surface area (Å²) in [5.74, 6) is -6.42. The van der Waals surface area contributed by atoms with E-state index in [2.05, 4.69) is 66.8 Å². The van der Waals surface area contributed by atoms with E-state index in [-0.39, 0.29) is 208 Å². The summed E-state index contributed by atoms with van der Waals surface area (Å²) in [5, 5.41) is 54.1. The van der Waals surface area contributed by atoms with E-state index in [1.54, 1.807) is 71.9 Å². The number of aryl methyl sites for hydroxylation is 7. The Kier molecular flexibility index (Phi) is 63.3. The van der Waals surface area contributed by atoms with Crippen molar-refractivity contribution in [3.63, 3.8) is 0 Å². The number of alkyl halides is 3. The molecule has 0 unspecified atom stereocenters. The number of H-pyrrole nitrogens is 5. The molecule has 48 nitrogen and oxygen atoms in total. The predicted octanol–water partition coefficient (Wildman–Crippen LogP) is -2.77. The summed E-state index contributed by atoms with van der Waals surface area (Å²) >= 11 is 0. The average Bonchev–Trinajstić information content (AvgIpc) is 0.781. The quantitative estimate of drug-likeness (QED) is 0.0165. The first-order chi connectivity index (χ1) is 60.0. The van der Waals surface area contributed by atoms with E-state index in [1.165, 1.54) is 69.7 Å². The van der Waals surface area contributed by atoms with Gasteiger partial charge in [-0.25, -0.2) is 92.2 Å². The van der Waals surface area contributed by atoms with E-state index in [1.807, 2.05) is 13.0 Å². The molecule has 0 fully saturated rings. The third kappa shape index (κ3) is 41.5. The number of nitro benzene ring substituents is 1. The van der Waals surface area contributed by atoms with Crippen LogP contribution in [0.25, 0.3) is 54.5 Å². The van der Waals surface area contributed by atoms with Crippen molar-refractivity contribution in [2.24, 2.45) is 11.1 Å². The Balaban J connectivity index is -0.000000228. The fraction of sp³-hybridized carbons (Fsp3) is 0.211. The zero-order valence-electron chi connectivity index (χ0n) is 72.3. The number of sulfonamides is 2. The van der Waals surface area contributed by atoms with Gasteiger partial charge in [-0.05, 0) is 187 Å². The number of hydrogen-bond donors (Lipinski definition) is 14. The summed E-state index contributed by atoms with van der Waals surface area (Å²) in [6.45, 7) is 11.6. The van der Waals surface area contributed by atoms with Crippen LogP contribution in [0.4, 0.5) is 35.9 Å². The van der Waals surface area contributed by atoms with Gasteiger partial charge in [-0.2, -0.15) is 20.3 Å². The van der Waals surface area contributed by atoms with Gasteiger partial charge in [0.2, 0.25) is 20.0 Å². The van der Waals surface area contributed by atoms with Crippen LogP contribution in [0.3, 0.4) is 0 Å². The topological polar surface area (TPSA) is 820 Å². The van der Waals surface area contributed by atoms with Crippen molar-refractivity contribution in [2.75, 3.05) is 45.5 Å². The van der Waals surface area contributed by atoms with Gasteiger partial charge in [-0.3, -0.25) is 35.0 Å². The monoisotopic (exact) mass is 2080 g/mol. The van der Waals surface area contributed by atoms with Crippen molar-refractivity contribution in [1.29, 1.82) is 0 Å². The van der Waals surface area contributed by atoms with Crippen molar-refractivity contribution in [1.82, 2.24) is 34.4 Å². The summed E-state index contributed by atoms with van der Waals surface area (Å²) in [5.41, 5.74) is 22.9. The smallest absolute Gasteiger partial charge is 1.00 e. The minimum Gasteiger partial charge on any atom is -1.00 e. The standard InChI is InChI=1S/C10H10N2O5S.C9H6ClNO5S.C9H6N2O5.C9H12N2O4S.C9H8N2O3.C9H7NO3.C8H9NO2.C7H5BF3O2.CH5N.CH3O.4CH4.ClH.HNO2.3Na.O3S.H/c1-5-3-6(18(15,16)11-2)4-7-8(5)12-10(14)17-9(7)13;1-4-2-5(17(10,14)15)3-6-7(4)11-9(13)16-8(6)12;1-4-2-5(11(14)15)3-6-7(4)10-9(13)16-8(6)12;1-5-3-6(16(14,15)11-2)4-7(8(5)10)9(12)13;1-4-2-5(10)3-6-7(4)11-9(13)14-8(6)12;1-5-3-2-4-6-7(5)10-9(12)13-8(6)11;1-5-3-2-4-6(7(5)9)8(10)11;9-7(10,11)5-2-1-3-6(4-5)13-8-12;2*1-2;;;;;;2-1-3;;;;1-4(2)3;/h3-4,11H,1-2H3,(H,12,14);2-3H,1H3,(H,11,13);2-3H,1H3,(H,10,13);3-4,11H,10H2,1-2H3,(H,12,13);2-3H,10H2,1H3,(H,11,13);2-4H,1H3,(H,10,12);2-4H,9H2,1H3,(H,10,11);1-4,12H;2H2,1H3;1H3;4*1H4;1H;(H,2,3);;;;;/q;;;;;;;;;-1;;;;;;;3*+1;;-1/p-1. The predicted molar refractivity (Wildman–Crippen MR) is 491 cm³/mol. The molecule has 0 saturated heterocycles. The number of carboxylic acid groups (broad SMARTS) is 2. The van der Waals surface area contributed by atoms with Crippen LogP contribution in [0.2, 0.25) is 0 Å². The zero-order valence-corrected chi connectivity index (χ0v) is 82.1. The molecule has 5 aromatic heterocycles. The van der Waals surface area contributed by atoms with Crippen LogP contribution in [0, 0.1) is 68.7 Å². The Hall–Kier alpha value is -11.9. The van der Waals surface area contributed by atoms with Crippen molar-refractivity contribution < 1.29 is 203 Å². The normalized spacial score (nSPS) is 9.85. The van der Waals surface area contributed by atoms with Crippen LogP contribution >= 0.6 is 23.1 Å². The molecule has 0 spiro atoms. The van der Waals surface area contributed by atoms with Crippen molar-refractivity contribution in [3.8, 4) is 5.75 Å². The number of nitrogens with zero attached hydrogens (tertiary/aromatic N) is 2. The fourth-order valence-electron chi connectivity index (χ4n) is 10.1. The number of non-ortho nitro benzene ring substituents is 1. The number of nitrogen functional groups attached to an aromatic ring is 3. The van der Waals surface area contributed by atoms with Crippen LogP contribution in [0.5, 0.6) is 5.75 Å². The molecule has 0 bridgehead atoms. The van der Waals surface area contributed by atoms with E-state index in [9.17, 15) is 106 Å². The number of anilines is 3. The Morgan fingerprint density at radius 2 is 0.803 bits per heavy atom. The first-order valence-corrected chi connectivity index (χ1v) is 40.5. The van der Waals surface area contributed by atoms with Crippen LogP contribution < -0.4 is 188 Å². The van der Waals surface area contributed by atoms with Crippen LogP contribution in [0.15, 0.2) is 211 Å². The zero-order chi connectivity index (χ0) is 99.0. The maximum atomic E-state index is 12.1. The van der Waals surface area contributed by atoms with Gasteiger partial charge in [0.15, 0.2) is 0 Å². The number of fused-ring (bicyclic) bond motifs is 5. The van der Waals surface area contributed by atoms with Gasteiger partial charge < -0.3 is 81.6 Å². The second-order valence-electron chi connectivity index (χ2n) is 24.3. The summed E-state index contributed by atoms with van der Waals surface area (Å²) < 4.78 is 161. The molecular weight excluding hydrogens is 1990 g/mol. The largest absolute Gasteiger partial charge is 1.00 e. The molecule has 5 heterocycles. The molecule has 0 atom stereocenters. The fourth-order valence-corrected chi connectivity index (χ4v) is 12.7. The number of para-hydroxylation sites is 2. The van der Waals surface area contributed by atoms with Gasteiger partial charge in [0, 0.05) is 39.9 Å². The van der Waals surface area contributed by atoms with Crippen LogP contribution in [-0.2, 0) is 45.9 Å². The maximum absolute atomic E-state index is 12.1. The first kappa shape index (κ1) is 138. The van der Waals surface area contributed by atoms with E-state index >= 15 is 0 Å². The van der Waals surface area contributed by atoms with Crippen LogP contribution in [0.1, 0.15) is 96.4 Å². The number of nitrogens with two attached hydrogens (primary N) is 4. The molecule has 0 saturated carbocycles. The summed E-state index contributed by atoms with van der Waals surface area (Å²) in [6.07, 6.45) is -4.39. The molecule has 0 amide bonds. The van der Waals surface area contributed by atoms with Gasteiger partial charge >= 0.3 is 182 Å². The Bertz CT molecular complexity index is 7530. The SMILES string of the molecule is C.C.C.C.CN.CNS(=O)(=O)c1cc(C)c(N)c(C(=O)O)c1.CNS(=O)(=O)c1cc(C)c2[nH]c(=O)oc(=O)c2c1.C[O-].Cc1cc(N)cc2c(=O)oc(=O)[nH]c12.Cc1cc(S(=O)(=O)Cl)cc2c(=O)oc(=O)[nH]c12.Cc1cc([N+](=O)[O-])cc2c(=O)oc(=O)[nH]c12.Cc1cccc(C(=O)O)c1N.Cc1cccc2c(=O)oc(=O)[nH]c12.Cl.O=N[O-].O=S(=O)=O.O[B]Oc1cccc(C(F)(F)F)c1.[H-].[Na+].[Na+].[Na+]. The number of nitrogens with one attached hydrogen (secondary N) is 7. The second kappa shape index (κ2) is 62.8. The number of carbonyl (C=O) groups is 2. The van der Waals surface area contributed by atoms with Crippen LogP contribution in [-0.4, -0.2) is 131 Å². The van der Waals surface area contributed by atoms with Crippen molar-refractivity contribution in [3.05, 3.63) is 302 Å². The molecule has 733 valence electrons.